The highest BCUT2D eigenvalue weighted by Crippen LogP contribution is 2.11. The lowest BCUT2D eigenvalue weighted by Gasteiger charge is -2.18. The molecular weight excluding hydrogens is 319 g/mol. The van der Waals surface area contributed by atoms with Crippen molar-refractivity contribution in [2.75, 3.05) is 19.6 Å². The topological polar surface area (TPSA) is 45.5 Å². The molecule has 1 aromatic heterocycles. The molecule has 1 N–H and O–H groups in total. The van der Waals surface area contributed by atoms with Gasteiger partial charge in [0, 0.05) is 22.9 Å². The average molecular weight is 336 g/mol. The van der Waals surface area contributed by atoms with Gasteiger partial charge >= 0.3 is 5.97 Å². The summed E-state index contributed by atoms with van der Waals surface area (Å²) < 4.78 is 2.78. The SMILES string of the molecule is CCN(CC)CCn1cc(I)cc1C(=O)O. The number of rotatable bonds is 6. The van der Waals surface area contributed by atoms with E-state index in [1.54, 1.807) is 6.07 Å². The Kier molecular flexibility index (Phi) is 5.27. The fourth-order valence-electron chi connectivity index (χ4n) is 1.63. The lowest BCUT2D eigenvalue weighted by Crippen LogP contribution is -2.27. The number of carboxylic acid groups (broad SMARTS) is 1. The van der Waals surface area contributed by atoms with Crippen molar-refractivity contribution in [2.45, 2.75) is 20.4 Å². The van der Waals surface area contributed by atoms with E-state index in [9.17, 15) is 4.79 Å². The molecule has 1 aromatic rings. The quantitative estimate of drug-likeness (QED) is 0.810. The van der Waals surface area contributed by atoms with E-state index < -0.39 is 5.97 Å². The van der Waals surface area contributed by atoms with Crippen LogP contribution in [0.1, 0.15) is 24.3 Å². The Morgan fingerprint density at radius 3 is 2.62 bits per heavy atom. The lowest BCUT2D eigenvalue weighted by molar-refractivity contribution is 0.0684. The predicted octanol–water partition coefficient (Wildman–Crippen LogP) is 2.13. The van der Waals surface area contributed by atoms with Crippen LogP contribution in [0.25, 0.3) is 0 Å². The maximum Gasteiger partial charge on any atom is 0.352 e. The van der Waals surface area contributed by atoms with E-state index in [0.29, 0.717) is 5.69 Å². The van der Waals surface area contributed by atoms with Crippen LogP contribution in [-0.2, 0) is 6.54 Å². The molecule has 0 atom stereocenters. The summed E-state index contributed by atoms with van der Waals surface area (Å²) in [7, 11) is 0. The Morgan fingerprint density at radius 1 is 1.50 bits per heavy atom. The van der Waals surface area contributed by atoms with E-state index in [1.807, 2.05) is 10.8 Å². The van der Waals surface area contributed by atoms with Gasteiger partial charge in [0.1, 0.15) is 5.69 Å². The zero-order valence-corrected chi connectivity index (χ0v) is 11.8. The molecule has 0 saturated heterocycles. The average Bonchev–Trinajstić information content (AvgIpc) is 2.61. The van der Waals surface area contributed by atoms with Crippen LogP contribution in [0.4, 0.5) is 0 Å². The summed E-state index contributed by atoms with van der Waals surface area (Å²) in [6.45, 7) is 7.83. The molecule has 0 radical (unpaired) electrons. The van der Waals surface area contributed by atoms with Crippen LogP contribution in [0.5, 0.6) is 0 Å². The summed E-state index contributed by atoms with van der Waals surface area (Å²) >= 11 is 2.14. The van der Waals surface area contributed by atoms with E-state index in [0.717, 1.165) is 29.7 Å². The van der Waals surface area contributed by atoms with Crippen LogP contribution in [-0.4, -0.2) is 40.2 Å². The summed E-state index contributed by atoms with van der Waals surface area (Å²) in [6.07, 6.45) is 1.88. The Bertz CT molecular complexity index is 359. The summed E-state index contributed by atoms with van der Waals surface area (Å²) in [5, 5.41) is 9.02. The third kappa shape index (κ3) is 3.48. The van der Waals surface area contributed by atoms with Crippen LogP contribution in [0.15, 0.2) is 12.3 Å². The number of likely N-dealkylation sites (N-methyl/N-ethyl adjacent to an activating group) is 1. The second-order valence-corrected chi connectivity index (χ2v) is 4.81. The van der Waals surface area contributed by atoms with Gasteiger partial charge in [-0.2, -0.15) is 0 Å². The van der Waals surface area contributed by atoms with Crippen molar-refractivity contribution in [3.8, 4) is 0 Å². The molecule has 4 nitrogen and oxygen atoms in total. The van der Waals surface area contributed by atoms with Crippen molar-refractivity contribution in [2.24, 2.45) is 0 Å². The monoisotopic (exact) mass is 336 g/mol. The number of hydrogen-bond donors (Lipinski definition) is 1. The number of nitrogens with zero attached hydrogens (tertiary/aromatic N) is 2. The van der Waals surface area contributed by atoms with Crippen LogP contribution < -0.4 is 0 Å². The molecule has 0 aromatic carbocycles. The Balaban J connectivity index is 2.69. The van der Waals surface area contributed by atoms with Crippen molar-refractivity contribution >= 4 is 28.6 Å². The predicted molar refractivity (Wildman–Crippen MR) is 71.9 cm³/mol. The molecule has 16 heavy (non-hydrogen) atoms. The Labute approximate surface area is 109 Å². The first-order valence-corrected chi connectivity index (χ1v) is 6.47. The zero-order valence-electron chi connectivity index (χ0n) is 9.61. The van der Waals surface area contributed by atoms with Gasteiger partial charge in [0.05, 0.1) is 0 Å². The summed E-state index contributed by atoms with van der Waals surface area (Å²) in [5.41, 5.74) is 0.372. The minimum absolute atomic E-state index is 0.372. The van der Waals surface area contributed by atoms with Crippen LogP contribution >= 0.6 is 22.6 Å². The highest BCUT2D eigenvalue weighted by atomic mass is 127. The normalized spacial score (nSPS) is 11.0. The number of aromatic nitrogens is 1. The Morgan fingerprint density at radius 2 is 2.12 bits per heavy atom. The molecule has 0 amide bonds. The molecule has 0 bridgehead atoms. The van der Waals surface area contributed by atoms with E-state index in [-0.39, 0.29) is 0 Å². The molecular formula is C11H17IN2O2. The van der Waals surface area contributed by atoms with Crippen molar-refractivity contribution < 1.29 is 9.90 Å². The summed E-state index contributed by atoms with van der Waals surface area (Å²) in [5.74, 6) is -0.859. The number of halogens is 1. The smallest absolute Gasteiger partial charge is 0.352 e. The first-order valence-electron chi connectivity index (χ1n) is 5.39. The minimum Gasteiger partial charge on any atom is -0.477 e. The molecule has 0 aliphatic carbocycles. The van der Waals surface area contributed by atoms with Gasteiger partial charge in [-0.3, -0.25) is 0 Å². The van der Waals surface area contributed by atoms with Gasteiger partial charge in [0.2, 0.25) is 0 Å². The van der Waals surface area contributed by atoms with Gasteiger partial charge in [-0.15, -0.1) is 0 Å². The second-order valence-electron chi connectivity index (χ2n) is 3.57. The fourth-order valence-corrected chi connectivity index (χ4v) is 2.26. The Hall–Kier alpha value is -0.560. The van der Waals surface area contributed by atoms with Gasteiger partial charge in [-0.25, -0.2) is 4.79 Å². The van der Waals surface area contributed by atoms with E-state index in [4.69, 9.17) is 5.11 Å². The van der Waals surface area contributed by atoms with Crippen molar-refractivity contribution in [3.63, 3.8) is 0 Å². The van der Waals surface area contributed by atoms with Crippen molar-refractivity contribution in [3.05, 3.63) is 21.5 Å². The van der Waals surface area contributed by atoms with Crippen molar-refractivity contribution in [1.82, 2.24) is 9.47 Å². The highest BCUT2D eigenvalue weighted by molar-refractivity contribution is 14.1. The summed E-state index contributed by atoms with van der Waals surface area (Å²) in [4.78, 5) is 13.3. The van der Waals surface area contributed by atoms with E-state index in [1.165, 1.54) is 0 Å². The lowest BCUT2D eigenvalue weighted by atomic mass is 10.4. The standard InChI is InChI=1S/C11H17IN2O2/c1-3-13(4-2)5-6-14-8-9(12)7-10(14)11(15)16/h7-8H,3-6H2,1-2H3,(H,15,16). The van der Waals surface area contributed by atoms with Gasteiger partial charge < -0.3 is 14.6 Å². The van der Waals surface area contributed by atoms with Gasteiger partial charge in [-0.05, 0) is 41.7 Å². The molecule has 0 unspecified atom stereocenters. The maximum absolute atomic E-state index is 11.0. The summed E-state index contributed by atoms with van der Waals surface area (Å²) in [6, 6.07) is 1.70. The number of carboxylic acids is 1. The van der Waals surface area contributed by atoms with Crippen LogP contribution in [0.2, 0.25) is 0 Å². The molecule has 0 spiro atoms. The third-order valence-electron chi connectivity index (χ3n) is 2.63. The number of carbonyl (C=O) groups is 1. The highest BCUT2D eigenvalue weighted by Gasteiger charge is 2.11. The number of aromatic carboxylic acids is 1. The first kappa shape index (κ1) is 13.5. The minimum atomic E-state index is -0.859. The largest absolute Gasteiger partial charge is 0.477 e. The molecule has 0 saturated carbocycles. The molecule has 1 rings (SSSR count). The molecule has 5 heteroatoms. The molecule has 0 fully saturated rings. The third-order valence-corrected chi connectivity index (χ3v) is 3.22. The van der Waals surface area contributed by atoms with Crippen molar-refractivity contribution in [1.29, 1.82) is 0 Å². The van der Waals surface area contributed by atoms with E-state index in [2.05, 4.69) is 41.3 Å². The fraction of sp³-hybridized carbons (Fsp3) is 0.545. The molecule has 0 aliphatic rings. The van der Waals surface area contributed by atoms with Crippen LogP contribution in [0, 0.1) is 3.57 Å². The molecule has 0 aliphatic heterocycles. The zero-order chi connectivity index (χ0) is 12.1. The van der Waals surface area contributed by atoms with E-state index >= 15 is 0 Å². The van der Waals surface area contributed by atoms with Crippen LogP contribution in [0.3, 0.4) is 0 Å². The molecule has 90 valence electrons. The first-order chi connectivity index (χ1) is 7.58. The van der Waals surface area contributed by atoms with Gasteiger partial charge in [-0.1, -0.05) is 13.8 Å². The number of hydrogen-bond acceptors (Lipinski definition) is 2. The maximum atomic E-state index is 11.0. The van der Waals surface area contributed by atoms with Gasteiger partial charge in [0.25, 0.3) is 0 Å². The second kappa shape index (κ2) is 6.24. The molecule has 1 heterocycles. The van der Waals surface area contributed by atoms with Gasteiger partial charge in [0.15, 0.2) is 0 Å².